The van der Waals surface area contributed by atoms with Gasteiger partial charge in [0.2, 0.25) is 12.7 Å². The first-order valence-corrected chi connectivity index (χ1v) is 6.70. The topological polar surface area (TPSA) is 65.7 Å². The zero-order valence-corrected chi connectivity index (χ0v) is 12.3. The van der Waals surface area contributed by atoms with Crippen LogP contribution in [0.25, 0.3) is 5.65 Å². The number of nitrogens with zero attached hydrogens (tertiary/aromatic N) is 3. The zero-order chi connectivity index (χ0) is 14.7. The van der Waals surface area contributed by atoms with Crippen molar-refractivity contribution in [2.45, 2.75) is 40.5 Å². The molecular formula is C14H19N3O3. The Kier molecular flexibility index (Phi) is 4.22. The molecule has 0 spiro atoms. The van der Waals surface area contributed by atoms with Crippen LogP contribution in [0, 0.1) is 6.92 Å². The van der Waals surface area contributed by atoms with Crippen LogP contribution in [0.3, 0.4) is 0 Å². The highest BCUT2D eigenvalue weighted by molar-refractivity contribution is 5.65. The summed E-state index contributed by atoms with van der Waals surface area (Å²) in [5.74, 6) is 0.243. The van der Waals surface area contributed by atoms with E-state index in [0.29, 0.717) is 5.88 Å². The van der Waals surface area contributed by atoms with Crippen molar-refractivity contribution in [2.75, 3.05) is 6.79 Å². The van der Waals surface area contributed by atoms with Crippen LogP contribution in [0.4, 0.5) is 0 Å². The number of hydrogen-bond donors (Lipinski definition) is 0. The van der Waals surface area contributed by atoms with Crippen LogP contribution in [0.5, 0.6) is 5.88 Å². The lowest BCUT2D eigenvalue weighted by molar-refractivity contribution is -0.147. The molecule has 20 heavy (non-hydrogen) atoms. The third-order valence-electron chi connectivity index (χ3n) is 2.95. The standard InChI is InChI=1S/C14H19N3O3/c1-5-11-13-16-12(6-2)14(20-8-19-10(4)18)17(13)7-9(3)15-11/h7H,5-6,8H2,1-4H3. The van der Waals surface area contributed by atoms with Gasteiger partial charge in [0, 0.05) is 13.1 Å². The van der Waals surface area contributed by atoms with Crippen molar-refractivity contribution < 1.29 is 14.3 Å². The second kappa shape index (κ2) is 5.90. The second-order valence-corrected chi connectivity index (χ2v) is 4.49. The van der Waals surface area contributed by atoms with Gasteiger partial charge in [-0.3, -0.25) is 14.2 Å². The van der Waals surface area contributed by atoms with E-state index in [2.05, 4.69) is 9.97 Å². The van der Waals surface area contributed by atoms with Crippen molar-refractivity contribution in [1.29, 1.82) is 0 Å². The van der Waals surface area contributed by atoms with Gasteiger partial charge in [-0.25, -0.2) is 4.98 Å². The molecule has 0 atom stereocenters. The predicted octanol–water partition coefficient (Wildman–Crippen LogP) is 2.06. The lowest BCUT2D eigenvalue weighted by Gasteiger charge is -2.08. The summed E-state index contributed by atoms with van der Waals surface area (Å²) in [4.78, 5) is 19.9. The van der Waals surface area contributed by atoms with Gasteiger partial charge in [-0.1, -0.05) is 13.8 Å². The van der Waals surface area contributed by atoms with E-state index in [1.807, 2.05) is 31.4 Å². The first kappa shape index (κ1) is 14.3. The van der Waals surface area contributed by atoms with Crippen LogP contribution >= 0.6 is 0 Å². The van der Waals surface area contributed by atoms with E-state index in [-0.39, 0.29) is 12.8 Å². The molecule has 0 N–H and O–H groups in total. The number of fused-ring (bicyclic) bond motifs is 1. The number of imidazole rings is 1. The number of rotatable bonds is 5. The van der Waals surface area contributed by atoms with Crippen molar-refractivity contribution in [3.63, 3.8) is 0 Å². The predicted molar refractivity (Wildman–Crippen MR) is 73.7 cm³/mol. The lowest BCUT2D eigenvalue weighted by Crippen LogP contribution is -2.09. The number of hydrogen-bond acceptors (Lipinski definition) is 5. The Morgan fingerprint density at radius 1 is 1.25 bits per heavy atom. The van der Waals surface area contributed by atoms with Crippen LogP contribution in [-0.2, 0) is 22.4 Å². The molecule has 0 aliphatic heterocycles. The Labute approximate surface area is 117 Å². The van der Waals surface area contributed by atoms with Crippen LogP contribution in [-0.4, -0.2) is 27.1 Å². The summed E-state index contributed by atoms with van der Waals surface area (Å²) in [5.41, 5.74) is 3.46. The molecule has 0 aromatic carbocycles. The summed E-state index contributed by atoms with van der Waals surface area (Å²) >= 11 is 0. The minimum absolute atomic E-state index is 0.112. The summed E-state index contributed by atoms with van der Waals surface area (Å²) in [5, 5.41) is 0. The van der Waals surface area contributed by atoms with E-state index in [1.165, 1.54) is 6.92 Å². The normalized spacial score (nSPS) is 10.8. The third kappa shape index (κ3) is 2.74. The molecule has 0 bridgehead atoms. The number of carbonyl (C=O) groups excluding carboxylic acids is 1. The number of ether oxygens (including phenoxy) is 2. The molecule has 2 aromatic rings. The van der Waals surface area contributed by atoms with Gasteiger partial charge in [-0.05, 0) is 19.8 Å². The summed E-state index contributed by atoms with van der Waals surface area (Å²) < 4.78 is 12.3. The fourth-order valence-electron chi connectivity index (χ4n) is 2.06. The van der Waals surface area contributed by atoms with Gasteiger partial charge in [0.05, 0.1) is 11.4 Å². The molecule has 2 aromatic heterocycles. The molecule has 0 aliphatic rings. The Bertz CT molecular complexity index is 634. The molecule has 0 aliphatic carbocycles. The smallest absolute Gasteiger partial charge is 0.305 e. The quantitative estimate of drug-likeness (QED) is 0.618. The third-order valence-corrected chi connectivity index (χ3v) is 2.95. The van der Waals surface area contributed by atoms with Crippen molar-refractivity contribution in [1.82, 2.24) is 14.4 Å². The molecule has 0 saturated heterocycles. The number of esters is 1. The van der Waals surface area contributed by atoms with Gasteiger partial charge in [-0.2, -0.15) is 0 Å². The number of carbonyl (C=O) groups is 1. The van der Waals surface area contributed by atoms with Gasteiger partial charge in [-0.15, -0.1) is 0 Å². The fourth-order valence-corrected chi connectivity index (χ4v) is 2.06. The highest BCUT2D eigenvalue weighted by atomic mass is 16.7. The Morgan fingerprint density at radius 2 is 1.95 bits per heavy atom. The summed E-state index contributed by atoms with van der Waals surface area (Å²) in [6.45, 7) is 7.22. The number of aromatic nitrogens is 3. The molecule has 2 rings (SSSR count). The van der Waals surface area contributed by atoms with Crippen molar-refractivity contribution in [2.24, 2.45) is 0 Å². The maximum Gasteiger partial charge on any atom is 0.305 e. The SMILES string of the molecule is CCc1nc2c(CC)nc(C)cn2c1OCOC(C)=O. The van der Waals surface area contributed by atoms with Crippen LogP contribution in [0.15, 0.2) is 6.20 Å². The zero-order valence-electron chi connectivity index (χ0n) is 12.3. The van der Waals surface area contributed by atoms with E-state index in [1.54, 1.807) is 0 Å². The monoisotopic (exact) mass is 277 g/mol. The second-order valence-electron chi connectivity index (χ2n) is 4.49. The van der Waals surface area contributed by atoms with Crippen LogP contribution < -0.4 is 4.74 Å². The minimum atomic E-state index is -0.371. The van der Waals surface area contributed by atoms with Crippen LogP contribution in [0.1, 0.15) is 37.9 Å². The highest BCUT2D eigenvalue weighted by Gasteiger charge is 2.16. The van der Waals surface area contributed by atoms with E-state index in [0.717, 1.165) is 35.6 Å². The first-order valence-electron chi connectivity index (χ1n) is 6.70. The molecule has 0 unspecified atom stereocenters. The molecular weight excluding hydrogens is 258 g/mol. The van der Waals surface area contributed by atoms with Gasteiger partial charge in [0.25, 0.3) is 0 Å². The van der Waals surface area contributed by atoms with Crippen molar-refractivity contribution >= 4 is 11.6 Å². The molecule has 0 amide bonds. The average Bonchev–Trinajstić information content (AvgIpc) is 2.75. The van der Waals surface area contributed by atoms with Gasteiger partial charge in [0.15, 0.2) is 5.65 Å². The van der Waals surface area contributed by atoms with Crippen molar-refractivity contribution in [3.8, 4) is 5.88 Å². The molecule has 0 radical (unpaired) electrons. The van der Waals surface area contributed by atoms with E-state index < -0.39 is 0 Å². The largest absolute Gasteiger partial charge is 0.440 e. The van der Waals surface area contributed by atoms with Gasteiger partial charge < -0.3 is 9.47 Å². The minimum Gasteiger partial charge on any atom is -0.440 e. The molecule has 6 nitrogen and oxygen atoms in total. The Morgan fingerprint density at radius 3 is 2.55 bits per heavy atom. The Hall–Kier alpha value is -2.11. The Balaban J connectivity index is 2.45. The van der Waals surface area contributed by atoms with Gasteiger partial charge >= 0.3 is 5.97 Å². The molecule has 6 heteroatoms. The summed E-state index contributed by atoms with van der Waals surface area (Å²) in [6.07, 6.45) is 3.41. The molecule has 2 heterocycles. The molecule has 0 saturated carbocycles. The maximum absolute atomic E-state index is 10.8. The fraction of sp³-hybridized carbons (Fsp3) is 0.500. The van der Waals surface area contributed by atoms with Crippen molar-refractivity contribution in [3.05, 3.63) is 23.3 Å². The highest BCUT2D eigenvalue weighted by Crippen LogP contribution is 2.23. The lowest BCUT2D eigenvalue weighted by atomic mass is 10.3. The molecule has 108 valence electrons. The summed E-state index contributed by atoms with van der Waals surface area (Å²) in [6, 6.07) is 0. The van der Waals surface area contributed by atoms with E-state index >= 15 is 0 Å². The average molecular weight is 277 g/mol. The molecule has 0 fully saturated rings. The number of aryl methyl sites for hydroxylation is 3. The van der Waals surface area contributed by atoms with E-state index in [4.69, 9.17) is 9.47 Å². The van der Waals surface area contributed by atoms with E-state index in [9.17, 15) is 4.79 Å². The maximum atomic E-state index is 10.8. The first-order chi connectivity index (χ1) is 9.56. The summed E-state index contributed by atoms with van der Waals surface area (Å²) in [7, 11) is 0. The van der Waals surface area contributed by atoms with Gasteiger partial charge in [0.1, 0.15) is 5.69 Å². The van der Waals surface area contributed by atoms with Crippen LogP contribution in [0.2, 0.25) is 0 Å².